The SMILES string of the molecule is c1ccc(-c2cc(-c3ccccc3)nc(-c3cccc(-n4c5cc6oc7cc(-c8cccc(-c9cc(-c%10ccccc%10)nc(-c%10cccc(-n%11c%12cc%13c(cc%12c%12ccc%14c%15ccccc%15n(-c%15ccccc%15)c%14c%12%11)oc%11ccccc%11%13)c%10)n9)c8)ccc7c6cc5c5c4ccc4c6ccccc6n(-c6ccccc6)c45)c3)n2)cc1. The molecule has 8 aromatic heterocycles. The van der Waals surface area contributed by atoms with Crippen LogP contribution >= 0.6 is 0 Å². The third-order valence-electron chi connectivity index (χ3n) is 23.1. The van der Waals surface area contributed by atoms with Crippen molar-refractivity contribution in [3.05, 3.63) is 376 Å². The maximum Gasteiger partial charge on any atom is 0.160 e. The Morgan fingerprint density at radius 1 is 0.175 bits per heavy atom. The number of para-hydroxylation sites is 5. The Morgan fingerprint density at radius 2 is 0.570 bits per heavy atom. The van der Waals surface area contributed by atoms with Crippen molar-refractivity contribution in [2.24, 2.45) is 0 Å². The number of benzene rings is 16. The fourth-order valence-electron chi connectivity index (χ4n) is 18.0. The summed E-state index contributed by atoms with van der Waals surface area (Å²) >= 11 is 0. The number of aromatic nitrogens is 8. The smallest absolute Gasteiger partial charge is 0.160 e. The van der Waals surface area contributed by atoms with Crippen molar-refractivity contribution in [3.8, 4) is 102 Å². The first-order valence-electron chi connectivity index (χ1n) is 38.6. The maximum atomic E-state index is 7.20. The Balaban J connectivity index is 0.660. The van der Waals surface area contributed by atoms with Crippen LogP contribution in [0.25, 0.3) is 233 Å². The second-order valence-electron chi connectivity index (χ2n) is 29.6. The van der Waals surface area contributed by atoms with Crippen LogP contribution in [-0.2, 0) is 0 Å². The molecular weight excluding hydrogens is 1390 g/mol. The molecule has 0 aliphatic carbocycles. The summed E-state index contributed by atoms with van der Waals surface area (Å²) in [5.74, 6) is 1.25. The van der Waals surface area contributed by atoms with Gasteiger partial charge in [-0.3, -0.25) is 0 Å². The van der Waals surface area contributed by atoms with Gasteiger partial charge < -0.3 is 27.1 Å². The normalized spacial score (nSPS) is 12.0. The molecule has 0 saturated heterocycles. The van der Waals surface area contributed by atoms with Gasteiger partial charge in [-0.2, -0.15) is 0 Å². The van der Waals surface area contributed by atoms with Gasteiger partial charge in [0.15, 0.2) is 11.6 Å². The molecule has 10 heteroatoms. The molecule has 0 N–H and O–H groups in total. The Morgan fingerprint density at radius 3 is 1.18 bits per heavy atom. The Kier molecular flexibility index (Phi) is 13.9. The number of furan rings is 2. The summed E-state index contributed by atoms with van der Waals surface area (Å²) in [6, 6.07) is 134. The van der Waals surface area contributed by atoms with E-state index in [1.807, 2.05) is 24.3 Å². The highest BCUT2D eigenvalue weighted by molar-refractivity contribution is 6.29. The zero-order chi connectivity index (χ0) is 74.6. The molecule has 530 valence electrons. The highest BCUT2D eigenvalue weighted by Gasteiger charge is 2.27. The van der Waals surface area contributed by atoms with Crippen LogP contribution < -0.4 is 0 Å². The molecule has 24 rings (SSSR count). The first-order valence-corrected chi connectivity index (χ1v) is 38.6. The largest absolute Gasteiger partial charge is 0.456 e. The molecule has 0 unspecified atom stereocenters. The molecular formula is C104H62N8O2. The summed E-state index contributed by atoms with van der Waals surface area (Å²) in [6.45, 7) is 0. The molecule has 0 aliphatic heterocycles. The van der Waals surface area contributed by atoms with Crippen molar-refractivity contribution < 1.29 is 8.83 Å². The van der Waals surface area contributed by atoms with Crippen LogP contribution in [0.4, 0.5) is 0 Å². The summed E-state index contributed by atoms with van der Waals surface area (Å²) < 4.78 is 23.6. The Labute approximate surface area is 651 Å². The number of hydrogen-bond donors (Lipinski definition) is 0. The van der Waals surface area contributed by atoms with Gasteiger partial charge in [0.2, 0.25) is 0 Å². The lowest BCUT2D eigenvalue weighted by Crippen LogP contribution is -2.00. The van der Waals surface area contributed by atoms with Crippen molar-refractivity contribution in [1.82, 2.24) is 38.2 Å². The summed E-state index contributed by atoms with van der Waals surface area (Å²) in [5, 5.41) is 13.4. The monoisotopic (exact) mass is 1450 g/mol. The van der Waals surface area contributed by atoms with Crippen LogP contribution in [-0.4, -0.2) is 38.2 Å². The van der Waals surface area contributed by atoms with E-state index in [1.165, 1.54) is 21.5 Å². The molecule has 0 saturated carbocycles. The van der Waals surface area contributed by atoms with Crippen LogP contribution in [0, 0.1) is 0 Å². The Hall–Kier alpha value is -15.5. The van der Waals surface area contributed by atoms with Gasteiger partial charge >= 0.3 is 0 Å². The third-order valence-corrected chi connectivity index (χ3v) is 23.1. The minimum atomic E-state index is 0.609. The van der Waals surface area contributed by atoms with Gasteiger partial charge in [-0.05, 0) is 132 Å². The number of rotatable bonds is 11. The lowest BCUT2D eigenvalue weighted by atomic mass is 9.99. The standard InChI is InChI=1S/C104H62N8O2/c1-6-25-63(26-7-1)86-60-87(64-27-8-2-9-28-64)106-103(105-86)69-33-23-39-73(54-69)109-92-52-51-79-75-41-16-19-44-90(75)110(71-35-12-4-13-36-71)100(79)99(92)85-57-83-78-48-47-67(56-96(78)114-98(83)62-94(85)109)66-31-22-32-68(53-66)89-61-88(65-29-10-3-11-30-65)107-104(108-89)70-34-24-40-74(55-70)112-93-58-84-77-43-18-21-46-95(77)113-97(84)59-82(93)81-50-49-80-76-42-17-20-45-91(76)111(101(80)102(81)112)72-37-14-5-15-38-72/h1-62H. The molecule has 10 nitrogen and oxygen atoms in total. The molecule has 8 heterocycles. The number of hydrogen-bond acceptors (Lipinski definition) is 6. The van der Waals surface area contributed by atoms with Crippen LogP contribution in [0.3, 0.4) is 0 Å². The van der Waals surface area contributed by atoms with Crippen LogP contribution in [0.5, 0.6) is 0 Å². The topological polar surface area (TPSA) is 97.6 Å². The van der Waals surface area contributed by atoms with Gasteiger partial charge in [0.05, 0.1) is 66.9 Å². The summed E-state index contributed by atoms with van der Waals surface area (Å²) in [5.41, 5.74) is 27.3. The van der Waals surface area contributed by atoms with Gasteiger partial charge in [0.1, 0.15) is 22.3 Å². The summed E-state index contributed by atoms with van der Waals surface area (Å²) in [6.07, 6.45) is 0. The fraction of sp³-hybridized carbons (Fsp3) is 0. The highest BCUT2D eigenvalue weighted by Crippen LogP contribution is 2.48. The average molecular weight is 1460 g/mol. The zero-order valence-corrected chi connectivity index (χ0v) is 61.2. The van der Waals surface area contributed by atoms with Gasteiger partial charge in [-0.1, -0.05) is 249 Å². The quantitative estimate of drug-likeness (QED) is 0.128. The third kappa shape index (κ3) is 9.87. The van der Waals surface area contributed by atoms with Crippen molar-refractivity contribution in [2.75, 3.05) is 0 Å². The zero-order valence-electron chi connectivity index (χ0n) is 61.2. The molecule has 0 aliphatic rings. The van der Waals surface area contributed by atoms with Crippen molar-refractivity contribution in [2.45, 2.75) is 0 Å². The van der Waals surface area contributed by atoms with Crippen LogP contribution in [0.1, 0.15) is 0 Å². The molecule has 0 atom stereocenters. The maximum absolute atomic E-state index is 7.20. The second-order valence-corrected chi connectivity index (χ2v) is 29.6. The highest BCUT2D eigenvalue weighted by atomic mass is 16.3. The summed E-state index contributed by atoms with van der Waals surface area (Å²) in [7, 11) is 0. The van der Waals surface area contributed by atoms with E-state index in [9.17, 15) is 0 Å². The lowest BCUT2D eigenvalue weighted by Gasteiger charge is -2.14. The predicted octanol–water partition coefficient (Wildman–Crippen LogP) is 27.1. The molecule has 16 aromatic carbocycles. The molecule has 24 aromatic rings. The van der Waals surface area contributed by atoms with E-state index >= 15 is 0 Å². The predicted molar refractivity (Wildman–Crippen MR) is 468 cm³/mol. The van der Waals surface area contributed by atoms with E-state index in [-0.39, 0.29) is 0 Å². The van der Waals surface area contributed by atoms with E-state index in [2.05, 4.69) is 370 Å². The minimum absolute atomic E-state index is 0.609. The number of fused-ring (bicyclic) bond motifs is 20. The van der Waals surface area contributed by atoms with Gasteiger partial charge in [-0.25, -0.2) is 19.9 Å². The minimum Gasteiger partial charge on any atom is -0.456 e. The first kappa shape index (κ1) is 63.4. The average Bonchev–Trinajstić information content (AvgIpc) is 1.54. The molecule has 0 fully saturated rings. The van der Waals surface area contributed by atoms with E-state index in [1.54, 1.807) is 0 Å². The van der Waals surface area contributed by atoms with Crippen molar-refractivity contribution >= 4 is 131 Å². The lowest BCUT2D eigenvalue weighted by molar-refractivity contribution is 0.669. The second kappa shape index (κ2) is 25.0. The van der Waals surface area contributed by atoms with E-state index in [4.69, 9.17) is 28.8 Å². The molecule has 114 heavy (non-hydrogen) atoms. The van der Waals surface area contributed by atoms with Crippen LogP contribution in [0.2, 0.25) is 0 Å². The van der Waals surface area contributed by atoms with Crippen molar-refractivity contribution in [1.29, 1.82) is 0 Å². The fourth-order valence-corrected chi connectivity index (χ4v) is 18.0. The van der Waals surface area contributed by atoms with Crippen molar-refractivity contribution in [3.63, 3.8) is 0 Å². The first-order chi connectivity index (χ1) is 56.5. The van der Waals surface area contributed by atoms with Crippen LogP contribution in [0.15, 0.2) is 385 Å². The van der Waals surface area contributed by atoms with E-state index in [0.29, 0.717) is 11.6 Å². The number of nitrogens with zero attached hydrogens (tertiary/aromatic N) is 8. The molecule has 0 radical (unpaired) electrons. The molecule has 0 spiro atoms. The summed E-state index contributed by atoms with van der Waals surface area (Å²) in [4.78, 5) is 21.7. The Bertz CT molecular complexity index is 8030. The van der Waals surface area contributed by atoms with Gasteiger partial charge in [-0.15, -0.1) is 0 Å². The van der Waals surface area contributed by atoms with E-state index < -0.39 is 0 Å². The van der Waals surface area contributed by atoms with Gasteiger partial charge in [0, 0.05) is 127 Å². The molecule has 0 bridgehead atoms. The molecule has 0 amide bonds. The van der Waals surface area contributed by atoms with E-state index in [0.717, 1.165) is 200 Å². The van der Waals surface area contributed by atoms with Gasteiger partial charge in [0.25, 0.3) is 0 Å².